The zero-order valence-electron chi connectivity index (χ0n) is 17.9. The molecule has 0 saturated carbocycles. The van der Waals surface area contributed by atoms with E-state index in [1.54, 1.807) is 4.90 Å². The molecule has 5 N–H and O–H groups in total. The standard InChI is InChI=1S/C12H25.C6H15NO3.Na.H2O4S/c1-3-5-7-9-11-12-10-8-6-4-2;8-4-1-7(2-5-9)3-6-10;;1-5(2,3)4/h1,3-12H2,2H3;8-10H,1-6H2;;(H2,1,2,3,4). The molecule has 0 aliphatic carbocycles. The number of aliphatic hydroxyl groups excluding tert-OH is 3. The van der Waals surface area contributed by atoms with E-state index in [1.807, 2.05) is 0 Å². The maximum atomic E-state index is 8.74. The summed E-state index contributed by atoms with van der Waals surface area (Å²) in [5.74, 6) is 0. The molecule has 0 rings (SSSR count). The average Bonchev–Trinajstić information content (AvgIpc) is 2.60. The van der Waals surface area contributed by atoms with E-state index in [4.69, 9.17) is 32.8 Å². The minimum Gasteiger partial charge on any atom is -0.395 e. The fraction of sp³-hybridized carbons (Fsp3) is 1.00. The average molecular weight is 440 g/mol. The predicted octanol–water partition coefficient (Wildman–Crippen LogP) is 2.11. The van der Waals surface area contributed by atoms with Gasteiger partial charge in [-0.25, -0.2) is 0 Å². The second kappa shape index (κ2) is 27.7. The first-order chi connectivity index (χ1) is 13.3. The molecule has 8 nitrogen and oxygen atoms in total. The first kappa shape index (κ1) is 33.4. The summed E-state index contributed by atoms with van der Waals surface area (Å²) in [7, 11) is -4.67. The molecule has 0 heterocycles. The third kappa shape index (κ3) is 45.4. The molecule has 0 radical (unpaired) electrons. The van der Waals surface area contributed by atoms with E-state index in [1.165, 1.54) is 95.8 Å². The Kier molecular flexibility index (Phi) is 33.0. The van der Waals surface area contributed by atoms with Gasteiger partial charge in [0, 0.05) is 19.6 Å². The van der Waals surface area contributed by atoms with Crippen molar-refractivity contribution in [2.45, 2.75) is 74.8 Å². The summed E-state index contributed by atoms with van der Waals surface area (Å²) in [5.41, 5.74) is 0. The van der Waals surface area contributed by atoms with Crippen LogP contribution in [0.4, 0.5) is 0 Å². The van der Waals surface area contributed by atoms with Gasteiger partial charge in [0.25, 0.3) is 0 Å². The molecule has 0 bridgehead atoms. The van der Waals surface area contributed by atoms with Crippen LogP contribution >= 0.6 is 0 Å². The van der Waals surface area contributed by atoms with Gasteiger partial charge < -0.3 is 15.3 Å². The van der Waals surface area contributed by atoms with Gasteiger partial charge in [-0.3, -0.25) is 14.0 Å². The molecule has 10 heteroatoms. The molecule has 0 aromatic heterocycles. The number of aliphatic hydroxyl groups is 3. The van der Waals surface area contributed by atoms with Crippen LogP contribution in [0.2, 0.25) is 3.67 Å². The maximum absolute atomic E-state index is 8.74. The van der Waals surface area contributed by atoms with Crippen LogP contribution in [0, 0.1) is 0 Å². The van der Waals surface area contributed by atoms with Crippen molar-refractivity contribution in [2.24, 2.45) is 0 Å². The minimum atomic E-state index is -4.67. The van der Waals surface area contributed by atoms with Crippen molar-refractivity contribution in [3.63, 3.8) is 0 Å². The van der Waals surface area contributed by atoms with Crippen LogP contribution in [0.1, 0.15) is 71.1 Å². The fourth-order valence-electron chi connectivity index (χ4n) is 2.50. The first-order valence-corrected chi connectivity index (χ1v) is 13.3. The second-order valence-corrected chi connectivity index (χ2v) is 8.54. The molecule has 0 aliphatic rings. The Labute approximate surface area is 189 Å². The van der Waals surface area contributed by atoms with Crippen molar-refractivity contribution < 1.29 is 32.8 Å². The maximum Gasteiger partial charge on any atom is 0.394 e. The number of hydrogen-bond acceptors (Lipinski definition) is 6. The molecule has 168 valence electrons. The van der Waals surface area contributed by atoms with Crippen LogP contribution < -0.4 is 0 Å². The molecular weight excluding hydrogens is 397 g/mol. The molecule has 0 amide bonds. The van der Waals surface area contributed by atoms with Crippen LogP contribution in [-0.4, -0.2) is 105 Å². The largest absolute Gasteiger partial charge is 0.395 e. The van der Waals surface area contributed by atoms with E-state index >= 15 is 0 Å². The normalized spacial score (nSPS) is 10.9. The van der Waals surface area contributed by atoms with Gasteiger partial charge >= 0.3 is 113 Å². The molecule has 0 fully saturated rings. The van der Waals surface area contributed by atoms with Crippen molar-refractivity contribution in [2.75, 3.05) is 39.5 Å². The number of rotatable bonds is 16. The Bertz CT molecular complexity index is 341. The Balaban J connectivity index is -0.000000368. The van der Waals surface area contributed by atoms with Gasteiger partial charge in [-0.1, -0.05) is 0 Å². The van der Waals surface area contributed by atoms with Gasteiger partial charge in [-0.15, -0.1) is 0 Å². The van der Waals surface area contributed by atoms with Crippen molar-refractivity contribution in [3.8, 4) is 0 Å². The van der Waals surface area contributed by atoms with Gasteiger partial charge in [-0.05, 0) is 0 Å². The zero-order chi connectivity index (χ0) is 22.1. The van der Waals surface area contributed by atoms with Crippen LogP contribution in [0.3, 0.4) is 0 Å². The van der Waals surface area contributed by atoms with Crippen LogP contribution in [0.5, 0.6) is 0 Å². The third-order valence-corrected chi connectivity index (χ3v) is 4.66. The van der Waals surface area contributed by atoms with E-state index < -0.39 is 10.4 Å². The van der Waals surface area contributed by atoms with Crippen molar-refractivity contribution in [1.82, 2.24) is 4.90 Å². The van der Waals surface area contributed by atoms with Crippen molar-refractivity contribution >= 4 is 38.3 Å². The molecule has 0 aromatic carbocycles. The van der Waals surface area contributed by atoms with Gasteiger partial charge in [-0.2, -0.15) is 8.42 Å². The third-order valence-electron chi connectivity index (χ3n) is 3.96. The van der Waals surface area contributed by atoms with E-state index in [-0.39, 0.29) is 19.8 Å². The van der Waals surface area contributed by atoms with Crippen LogP contribution in [-0.2, 0) is 10.4 Å². The van der Waals surface area contributed by atoms with Gasteiger partial charge in [0.15, 0.2) is 0 Å². The van der Waals surface area contributed by atoms with Crippen LogP contribution in [0.15, 0.2) is 0 Å². The van der Waals surface area contributed by atoms with Crippen molar-refractivity contribution in [3.05, 3.63) is 0 Å². The molecule has 0 spiro atoms. The minimum absolute atomic E-state index is 0.0694. The Hall–Kier alpha value is 0.710. The number of hydrogen-bond donors (Lipinski definition) is 5. The summed E-state index contributed by atoms with van der Waals surface area (Å²) in [6.07, 6.45) is 14.7. The molecule has 0 aromatic rings. The quantitative estimate of drug-likeness (QED) is 0.140. The Morgan fingerprint density at radius 3 is 1.21 bits per heavy atom. The number of unbranched alkanes of at least 4 members (excludes halogenated alkanes) is 9. The monoisotopic (exact) mass is 439 g/mol. The fourth-order valence-corrected chi connectivity index (χ4v) is 3.00. The van der Waals surface area contributed by atoms with Crippen LogP contribution in [0.25, 0.3) is 0 Å². The molecule has 28 heavy (non-hydrogen) atoms. The molecule has 0 atom stereocenters. The summed E-state index contributed by atoms with van der Waals surface area (Å²) in [5, 5.41) is 25.5. The molecule has 0 unspecified atom stereocenters. The zero-order valence-corrected chi connectivity index (χ0v) is 20.7. The molecular formula is C18H42NNaO7S. The Morgan fingerprint density at radius 2 is 0.964 bits per heavy atom. The second-order valence-electron chi connectivity index (χ2n) is 6.64. The summed E-state index contributed by atoms with van der Waals surface area (Å²) >= 11 is 1.41. The predicted molar refractivity (Wildman–Crippen MR) is 114 cm³/mol. The van der Waals surface area contributed by atoms with E-state index in [0.29, 0.717) is 19.6 Å². The van der Waals surface area contributed by atoms with Gasteiger partial charge in [0.05, 0.1) is 19.8 Å². The summed E-state index contributed by atoms with van der Waals surface area (Å²) in [6.45, 7) is 4.04. The van der Waals surface area contributed by atoms with Gasteiger partial charge in [0.1, 0.15) is 0 Å². The number of nitrogens with zero attached hydrogens (tertiary/aromatic N) is 1. The topological polar surface area (TPSA) is 139 Å². The summed E-state index contributed by atoms with van der Waals surface area (Å²) in [4.78, 5) is 1.79. The van der Waals surface area contributed by atoms with Gasteiger partial charge in [0.2, 0.25) is 0 Å². The molecule has 0 saturated heterocycles. The smallest absolute Gasteiger partial charge is 0.394 e. The molecule has 0 aliphatic heterocycles. The SMILES string of the molecule is CCCCCCCCCCC[CH2][Na].O=S(=O)(O)O.OCCN(CCO)CCO. The van der Waals surface area contributed by atoms with E-state index in [2.05, 4.69) is 6.92 Å². The van der Waals surface area contributed by atoms with Crippen molar-refractivity contribution in [1.29, 1.82) is 0 Å². The Morgan fingerprint density at radius 1 is 0.679 bits per heavy atom. The van der Waals surface area contributed by atoms with E-state index in [0.717, 1.165) is 0 Å². The summed E-state index contributed by atoms with van der Waals surface area (Å²) < 4.78 is 33.1. The van der Waals surface area contributed by atoms with E-state index in [9.17, 15) is 0 Å². The first-order valence-electron chi connectivity index (χ1n) is 10.5. The summed E-state index contributed by atoms with van der Waals surface area (Å²) in [6, 6.07) is 0.